The van der Waals surface area contributed by atoms with Gasteiger partial charge in [0.15, 0.2) is 5.76 Å². The van der Waals surface area contributed by atoms with Gasteiger partial charge in [0.2, 0.25) is 0 Å². The van der Waals surface area contributed by atoms with Gasteiger partial charge in [-0.3, -0.25) is 14.9 Å². The van der Waals surface area contributed by atoms with Crippen molar-refractivity contribution in [1.82, 2.24) is 0 Å². The molecule has 3 aromatic rings. The number of nitro benzene ring substituents is 1. The van der Waals surface area contributed by atoms with Gasteiger partial charge in [-0.15, -0.1) is 0 Å². The van der Waals surface area contributed by atoms with Crippen molar-refractivity contribution in [3.8, 4) is 0 Å². The van der Waals surface area contributed by atoms with E-state index in [1.807, 2.05) is 30.3 Å². The zero-order valence-electron chi connectivity index (χ0n) is 12.7. The second-order valence-electron chi connectivity index (χ2n) is 5.13. The minimum atomic E-state index is -0.485. The van der Waals surface area contributed by atoms with Gasteiger partial charge in [-0.05, 0) is 23.8 Å². The van der Waals surface area contributed by atoms with E-state index in [0.717, 1.165) is 5.56 Å². The molecule has 0 aliphatic carbocycles. The maximum atomic E-state index is 12.8. The van der Waals surface area contributed by atoms with Crippen molar-refractivity contribution in [3.63, 3.8) is 0 Å². The van der Waals surface area contributed by atoms with Gasteiger partial charge in [0.1, 0.15) is 0 Å². The summed E-state index contributed by atoms with van der Waals surface area (Å²) in [5.74, 6) is -0.179. The summed E-state index contributed by atoms with van der Waals surface area (Å²) in [6.07, 6.45) is 1.42. The summed E-state index contributed by atoms with van der Waals surface area (Å²) in [5, 5.41) is 11.0. The van der Waals surface area contributed by atoms with Crippen LogP contribution >= 0.6 is 0 Å². The summed E-state index contributed by atoms with van der Waals surface area (Å²) in [5.41, 5.74) is 1.27. The molecule has 0 radical (unpaired) electrons. The first-order chi connectivity index (χ1) is 11.6. The molecule has 1 heterocycles. The van der Waals surface area contributed by atoms with Crippen molar-refractivity contribution in [3.05, 3.63) is 94.4 Å². The first-order valence-corrected chi connectivity index (χ1v) is 7.29. The second kappa shape index (κ2) is 6.78. The summed E-state index contributed by atoms with van der Waals surface area (Å²) in [6.45, 7) is 0.279. The molecule has 0 saturated carbocycles. The smallest absolute Gasteiger partial charge is 0.294 e. The molecule has 6 nitrogen and oxygen atoms in total. The van der Waals surface area contributed by atoms with Crippen LogP contribution in [-0.2, 0) is 6.54 Å². The van der Waals surface area contributed by atoms with Crippen molar-refractivity contribution >= 4 is 17.3 Å². The number of nitrogens with zero attached hydrogens (tertiary/aromatic N) is 2. The molecule has 120 valence electrons. The third-order valence-corrected chi connectivity index (χ3v) is 3.51. The Labute approximate surface area is 138 Å². The largest absolute Gasteiger partial charge is 0.459 e. The lowest BCUT2D eigenvalue weighted by atomic mass is 10.1. The van der Waals surface area contributed by atoms with Gasteiger partial charge in [0.05, 0.1) is 23.4 Å². The van der Waals surface area contributed by atoms with Crippen LogP contribution in [0, 0.1) is 10.1 Å². The number of carbonyl (C=O) groups is 1. The third-order valence-electron chi connectivity index (χ3n) is 3.51. The van der Waals surface area contributed by atoms with Gasteiger partial charge < -0.3 is 9.32 Å². The van der Waals surface area contributed by atoms with Crippen LogP contribution in [0.1, 0.15) is 16.1 Å². The van der Waals surface area contributed by atoms with Crippen LogP contribution in [0.5, 0.6) is 0 Å². The molecule has 0 N–H and O–H groups in total. The molecule has 0 spiro atoms. The fourth-order valence-corrected chi connectivity index (χ4v) is 2.35. The van der Waals surface area contributed by atoms with Gasteiger partial charge in [0.25, 0.3) is 11.6 Å². The standard InChI is InChI=1S/C18H14N2O4/c21-18(17-10-5-11-24-17)19(13-14-6-2-1-3-7-14)15-8-4-9-16(12-15)20(22)23/h1-12H,13H2. The molecule has 24 heavy (non-hydrogen) atoms. The lowest BCUT2D eigenvalue weighted by molar-refractivity contribution is -0.384. The Hall–Kier alpha value is -3.41. The Morgan fingerprint density at radius 3 is 2.50 bits per heavy atom. The minimum absolute atomic E-state index is 0.0715. The van der Waals surface area contributed by atoms with Gasteiger partial charge in [-0.1, -0.05) is 36.4 Å². The monoisotopic (exact) mass is 322 g/mol. The minimum Gasteiger partial charge on any atom is -0.459 e. The molecule has 3 rings (SSSR count). The van der Waals surface area contributed by atoms with Crippen molar-refractivity contribution in [1.29, 1.82) is 0 Å². The Bertz CT molecular complexity index is 844. The van der Waals surface area contributed by atoms with E-state index in [1.54, 1.807) is 24.3 Å². The number of non-ortho nitro benzene ring substituents is 1. The highest BCUT2D eigenvalue weighted by molar-refractivity contribution is 6.04. The van der Waals surface area contributed by atoms with Crippen molar-refractivity contribution in [2.24, 2.45) is 0 Å². The molecule has 0 unspecified atom stereocenters. The number of amides is 1. The predicted molar refractivity (Wildman–Crippen MR) is 88.8 cm³/mol. The maximum Gasteiger partial charge on any atom is 0.294 e. The molecule has 0 saturated heterocycles. The average Bonchev–Trinajstić information content (AvgIpc) is 3.15. The Morgan fingerprint density at radius 2 is 1.83 bits per heavy atom. The zero-order chi connectivity index (χ0) is 16.9. The summed E-state index contributed by atoms with van der Waals surface area (Å²) < 4.78 is 5.19. The van der Waals surface area contributed by atoms with Crippen LogP contribution < -0.4 is 4.90 Å². The maximum absolute atomic E-state index is 12.8. The molecular weight excluding hydrogens is 308 g/mol. The highest BCUT2D eigenvalue weighted by Crippen LogP contribution is 2.24. The number of carbonyl (C=O) groups excluding carboxylic acids is 1. The number of benzene rings is 2. The summed E-state index contributed by atoms with van der Waals surface area (Å²) in [4.78, 5) is 24.7. The molecule has 0 aliphatic heterocycles. The van der Waals surface area contributed by atoms with E-state index in [2.05, 4.69) is 0 Å². The van der Waals surface area contributed by atoms with Gasteiger partial charge >= 0.3 is 0 Å². The Balaban J connectivity index is 1.99. The summed E-state index contributed by atoms with van der Waals surface area (Å²) in [7, 11) is 0. The molecule has 6 heteroatoms. The lowest BCUT2D eigenvalue weighted by Gasteiger charge is -2.22. The zero-order valence-corrected chi connectivity index (χ0v) is 12.7. The van der Waals surface area contributed by atoms with Crippen LogP contribution in [0.4, 0.5) is 11.4 Å². The number of furan rings is 1. The van der Waals surface area contributed by atoms with Gasteiger partial charge in [-0.2, -0.15) is 0 Å². The fraction of sp³-hybridized carbons (Fsp3) is 0.0556. The predicted octanol–water partition coefficient (Wildman–Crippen LogP) is 4.03. The number of hydrogen-bond acceptors (Lipinski definition) is 4. The van der Waals surface area contributed by atoms with Crippen LogP contribution in [-0.4, -0.2) is 10.8 Å². The van der Waals surface area contributed by atoms with E-state index >= 15 is 0 Å². The van der Waals surface area contributed by atoms with Crippen LogP contribution in [0.2, 0.25) is 0 Å². The van der Waals surface area contributed by atoms with Crippen LogP contribution in [0.25, 0.3) is 0 Å². The molecule has 0 bridgehead atoms. The summed E-state index contributed by atoms with van der Waals surface area (Å²) in [6, 6.07) is 18.6. The Kier molecular flexibility index (Phi) is 4.38. The molecular formula is C18H14N2O4. The van der Waals surface area contributed by atoms with E-state index in [-0.39, 0.29) is 23.9 Å². The molecule has 0 aliphatic rings. The molecule has 1 amide bonds. The topological polar surface area (TPSA) is 76.6 Å². The van der Waals surface area contributed by atoms with Crippen LogP contribution in [0.3, 0.4) is 0 Å². The first kappa shape index (κ1) is 15.5. The quantitative estimate of drug-likeness (QED) is 0.525. The van der Waals surface area contributed by atoms with E-state index in [9.17, 15) is 14.9 Å². The van der Waals surface area contributed by atoms with Crippen LogP contribution in [0.15, 0.2) is 77.4 Å². The highest BCUT2D eigenvalue weighted by Gasteiger charge is 2.22. The average molecular weight is 322 g/mol. The second-order valence-corrected chi connectivity index (χ2v) is 5.13. The van der Waals surface area contributed by atoms with Crippen molar-refractivity contribution < 1.29 is 14.1 Å². The summed E-state index contributed by atoms with van der Waals surface area (Å²) >= 11 is 0. The van der Waals surface area contributed by atoms with E-state index in [1.165, 1.54) is 23.3 Å². The normalized spacial score (nSPS) is 10.3. The molecule has 0 atom stereocenters. The number of hydrogen-bond donors (Lipinski definition) is 0. The third kappa shape index (κ3) is 3.33. The van der Waals surface area contributed by atoms with E-state index in [4.69, 9.17) is 4.42 Å². The molecule has 0 fully saturated rings. The van der Waals surface area contributed by atoms with E-state index in [0.29, 0.717) is 5.69 Å². The van der Waals surface area contributed by atoms with Gasteiger partial charge in [0, 0.05) is 12.1 Å². The first-order valence-electron chi connectivity index (χ1n) is 7.29. The molecule has 2 aromatic carbocycles. The highest BCUT2D eigenvalue weighted by atomic mass is 16.6. The van der Waals surface area contributed by atoms with Crippen molar-refractivity contribution in [2.45, 2.75) is 6.54 Å². The fourth-order valence-electron chi connectivity index (χ4n) is 2.35. The van der Waals surface area contributed by atoms with Gasteiger partial charge in [-0.25, -0.2) is 0 Å². The van der Waals surface area contributed by atoms with Crippen molar-refractivity contribution in [2.75, 3.05) is 4.90 Å². The number of nitro groups is 1. The SMILES string of the molecule is O=C(c1ccco1)N(Cc1ccccc1)c1cccc([N+](=O)[O-])c1. The lowest BCUT2D eigenvalue weighted by Crippen LogP contribution is -2.30. The number of rotatable bonds is 5. The van der Waals surface area contributed by atoms with E-state index < -0.39 is 4.92 Å². The Morgan fingerprint density at radius 1 is 1.04 bits per heavy atom. The molecule has 1 aromatic heterocycles. The number of anilines is 1.